The second-order valence-corrected chi connectivity index (χ2v) is 8.19. The molecule has 1 aromatic rings. The first-order valence-corrected chi connectivity index (χ1v) is 10.3. The minimum absolute atomic E-state index is 0.0340. The Kier molecular flexibility index (Phi) is 5.36. The standard InChI is InChI=1S/C17H21N3O6S/c1-2-26-17(23)19-10-8-18(9-11-19)16(22)13-3-5-14(6-4-13)20-15(21)7-12-27(20,24)25/h3-6H,2,7-12H2,1H3. The number of carbonyl (C=O) groups is 3. The summed E-state index contributed by atoms with van der Waals surface area (Å²) in [7, 11) is -3.62. The fourth-order valence-corrected chi connectivity index (χ4v) is 4.56. The van der Waals surface area contributed by atoms with Gasteiger partial charge in [0, 0.05) is 38.2 Å². The predicted octanol–water partition coefficient (Wildman–Crippen LogP) is 0.667. The molecule has 0 saturated carbocycles. The maximum absolute atomic E-state index is 12.6. The number of piperazine rings is 1. The largest absolute Gasteiger partial charge is 0.450 e. The van der Waals surface area contributed by atoms with Crippen molar-refractivity contribution < 1.29 is 27.5 Å². The van der Waals surface area contributed by atoms with E-state index in [2.05, 4.69) is 0 Å². The number of hydrogen-bond acceptors (Lipinski definition) is 6. The summed E-state index contributed by atoms with van der Waals surface area (Å²) >= 11 is 0. The number of hydrogen-bond donors (Lipinski definition) is 0. The Morgan fingerprint density at radius 3 is 2.15 bits per heavy atom. The van der Waals surface area contributed by atoms with Crippen molar-refractivity contribution in [1.82, 2.24) is 9.80 Å². The van der Waals surface area contributed by atoms with Crippen molar-refractivity contribution in [2.75, 3.05) is 42.8 Å². The Hall–Kier alpha value is -2.62. The number of anilines is 1. The first kappa shape index (κ1) is 19.2. The van der Waals surface area contributed by atoms with Gasteiger partial charge in [0.25, 0.3) is 5.91 Å². The zero-order valence-corrected chi connectivity index (χ0v) is 15.8. The zero-order chi connectivity index (χ0) is 19.6. The molecule has 2 heterocycles. The van der Waals surface area contributed by atoms with Crippen molar-refractivity contribution in [2.45, 2.75) is 13.3 Å². The molecule has 1 aromatic carbocycles. The molecule has 3 amide bonds. The van der Waals surface area contributed by atoms with Crippen molar-refractivity contribution in [3.63, 3.8) is 0 Å². The molecular formula is C17H21N3O6S. The summed E-state index contributed by atoms with van der Waals surface area (Å²) in [4.78, 5) is 39.3. The van der Waals surface area contributed by atoms with E-state index in [1.54, 1.807) is 16.7 Å². The number of sulfonamides is 1. The van der Waals surface area contributed by atoms with Crippen molar-refractivity contribution in [1.29, 1.82) is 0 Å². The van der Waals surface area contributed by atoms with Crippen molar-refractivity contribution in [2.24, 2.45) is 0 Å². The van der Waals surface area contributed by atoms with Crippen LogP contribution in [0.5, 0.6) is 0 Å². The second kappa shape index (κ2) is 7.55. The fraction of sp³-hybridized carbons (Fsp3) is 0.471. The van der Waals surface area contributed by atoms with Crippen molar-refractivity contribution in [3.8, 4) is 0 Å². The molecule has 0 atom stereocenters. The van der Waals surface area contributed by atoms with Gasteiger partial charge in [0.15, 0.2) is 0 Å². The molecule has 0 spiro atoms. The number of carbonyl (C=O) groups excluding carboxylic acids is 3. The van der Waals surface area contributed by atoms with Crippen molar-refractivity contribution in [3.05, 3.63) is 29.8 Å². The summed E-state index contributed by atoms with van der Waals surface area (Å²) in [6.07, 6.45) is -0.418. The molecule has 2 aliphatic heterocycles. The number of nitrogens with zero attached hydrogens (tertiary/aromatic N) is 3. The Morgan fingerprint density at radius 2 is 1.63 bits per heavy atom. The SMILES string of the molecule is CCOC(=O)N1CCN(C(=O)c2ccc(N3C(=O)CCS3(=O)=O)cc2)CC1. The highest BCUT2D eigenvalue weighted by Crippen LogP contribution is 2.25. The molecule has 2 aliphatic rings. The van der Waals surface area contributed by atoms with Crippen LogP contribution in [0.1, 0.15) is 23.7 Å². The molecule has 27 heavy (non-hydrogen) atoms. The maximum atomic E-state index is 12.6. The lowest BCUT2D eigenvalue weighted by Gasteiger charge is -2.34. The lowest BCUT2D eigenvalue weighted by molar-refractivity contribution is -0.116. The minimum atomic E-state index is -3.62. The summed E-state index contributed by atoms with van der Waals surface area (Å²) in [5, 5.41) is 0. The third-order valence-electron chi connectivity index (χ3n) is 4.52. The van der Waals surface area contributed by atoms with Gasteiger partial charge < -0.3 is 14.5 Å². The molecule has 0 radical (unpaired) electrons. The molecule has 0 unspecified atom stereocenters. The number of benzene rings is 1. The van der Waals surface area contributed by atoms with E-state index in [4.69, 9.17) is 4.74 Å². The zero-order valence-electron chi connectivity index (χ0n) is 15.0. The molecule has 0 aromatic heterocycles. The predicted molar refractivity (Wildman–Crippen MR) is 96.8 cm³/mol. The smallest absolute Gasteiger partial charge is 0.409 e. The van der Waals surface area contributed by atoms with Crippen LogP contribution in [-0.2, 0) is 19.6 Å². The van der Waals surface area contributed by atoms with E-state index < -0.39 is 15.9 Å². The Balaban J connectivity index is 1.65. The van der Waals surface area contributed by atoms with E-state index >= 15 is 0 Å². The molecule has 2 saturated heterocycles. The van der Waals surface area contributed by atoms with Gasteiger partial charge in [0.2, 0.25) is 15.9 Å². The summed E-state index contributed by atoms with van der Waals surface area (Å²) in [5.74, 6) is -0.873. The minimum Gasteiger partial charge on any atom is -0.450 e. The number of rotatable bonds is 3. The van der Waals surface area contributed by atoms with Gasteiger partial charge in [-0.15, -0.1) is 0 Å². The van der Waals surface area contributed by atoms with Gasteiger partial charge in [-0.25, -0.2) is 17.5 Å². The Labute approximate surface area is 157 Å². The van der Waals surface area contributed by atoms with Gasteiger partial charge in [-0.1, -0.05) is 0 Å². The number of ether oxygens (including phenoxy) is 1. The lowest BCUT2D eigenvalue weighted by atomic mass is 10.1. The van der Waals surface area contributed by atoms with Crippen molar-refractivity contribution >= 4 is 33.6 Å². The molecule has 146 valence electrons. The molecule has 0 bridgehead atoms. The molecule has 3 rings (SSSR count). The third kappa shape index (κ3) is 3.90. The summed E-state index contributed by atoms with van der Waals surface area (Å²) < 4.78 is 29.7. The maximum Gasteiger partial charge on any atom is 0.409 e. The monoisotopic (exact) mass is 395 g/mol. The van der Waals surface area contributed by atoms with Crippen LogP contribution in [0.4, 0.5) is 10.5 Å². The lowest BCUT2D eigenvalue weighted by Crippen LogP contribution is -2.50. The number of amides is 3. The molecule has 0 aliphatic carbocycles. The van der Waals surface area contributed by atoms with Crippen LogP contribution in [0.25, 0.3) is 0 Å². The Bertz CT molecular complexity index is 844. The first-order chi connectivity index (χ1) is 12.8. The van der Waals surface area contributed by atoms with Crippen LogP contribution < -0.4 is 4.31 Å². The van der Waals surface area contributed by atoms with E-state index in [1.807, 2.05) is 0 Å². The van der Waals surface area contributed by atoms with E-state index in [0.29, 0.717) is 38.3 Å². The molecule has 10 heteroatoms. The van der Waals surface area contributed by atoms with Gasteiger partial charge in [-0.3, -0.25) is 9.59 Å². The van der Waals surface area contributed by atoms with E-state index in [-0.39, 0.29) is 29.9 Å². The first-order valence-electron chi connectivity index (χ1n) is 8.70. The highest BCUT2D eigenvalue weighted by atomic mass is 32.2. The summed E-state index contributed by atoms with van der Waals surface area (Å²) in [6.45, 7) is 3.60. The van der Waals surface area contributed by atoms with E-state index in [1.165, 1.54) is 24.3 Å². The summed E-state index contributed by atoms with van der Waals surface area (Å²) in [5.41, 5.74) is 0.633. The van der Waals surface area contributed by atoms with E-state index in [9.17, 15) is 22.8 Å². The van der Waals surface area contributed by atoms with Crippen LogP contribution in [0.15, 0.2) is 24.3 Å². The van der Waals surface area contributed by atoms with Gasteiger partial charge in [-0.05, 0) is 31.2 Å². The fourth-order valence-electron chi connectivity index (χ4n) is 3.10. The van der Waals surface area contributed by atoms with Gasteiger partial charge in [0.05, 0.1) is 18.0 Å². The molecule has 0 N–H and O–H groups in total. The average Bonchev–Trinajstić information content (AvgIpc) is 2.94. The average molecular weight is 395 g/mol. The van der Waals surface area contributed by atoms with Crippen LogP contribution in [0.2, 0.25) is 0 Å². The second-order valence-electron chi connectivity index (χ2n) is 6.25. The van der Waals surface area contributed by atoms with Crippen LogP contribution in [0, 0.1) is 0 Å². The van der Waals surface area contributed by atoms with Gasteiger partial charge in [0.1, 0.15) is 0 Å². The van der Waals surface area contributed by atoms with Gasteiger partial charge in [-0.2, -0.15) is 0 Å². The van der Waals surface area contributed by atoms with E-state index in [0.717, 1.165) is 4.31 Å². The van der Waals surface area contributed by atoms with Crippen LogP contribution in [-0.4, -0.2) is 74.7 Å². The molecule has 2 fully saturated rings. The highest BCUT2D eigenvalue weighted by molar-refractivity contribution is 7.94. The highest BCUT2D eigenvalue weighted by Gasteiger charge is 2.36. The van der Waals surface area contributed by atoms with Crippen LogP contribution >= 0.6 is 0 Å². The molecular weight excluding hydrogens is 374 g/mol. The van der Waals surface area contributed by atoms with Crippen LogP contribution in [0.3, 0.4) is 0 Å². The topological polar surface area (TPSA) is 104 Å². The third-order valence-corrected chi connectivity index (χ3v) is 6.21. The summed E-state index contributed by atoms with van der Waals surface area (Å²) in [6, 6.07) is 5.94. The van der Waals surface area contributed by atoms with Gasteiger partial charge >= 0.3 is 6.09 Å². The normalized spacial score (nSPS) is 19.3. The molecule has 9 nitrogen and oxygen atoms in total. The Morgan fingerprint density at radius 1 is 1.04 bits per heavy atom. The quantitative estimate of drug-likeness (QED) is 0.745.